The fourth-order valence-corrected chi connectivity index (χ4v) is 3.25. The lowest BCUT2D eigenvalue weighted by Gasteiger charge is -2.24. The van der Waals surface area contributed by atoms with Crippen molar-refractivity contribution >= 4 is 23.3 Å². The average Bonchev–Trinajstić information content (AvgIpc) is 2.78. The van der Waals surface area contributed by atoms with Crippen LogP contribution in [-0.2, 0) is 11.3 Å². The molecule has 1 atom stereocenters. The number of urea groups is 1. The lowest BCUT2D eigenvalue weighted by molar-refractivity contribution is -0.139. The van der Waals surface area contributed by atoms with Gasteiger partial charge in [0, 0.05) is 30.0 Å². The monoisotopic (exact) mass is 381 g/mol. The Bertz CT molecular complexity index is 836. The fourth-order valence-electron chi connectivity index (χ4n) is 3.25. The van der Waals surface area contributed by atoms with Gasteiger partial charge < -0.3 is 20.3 Å². The highest BCUT2D eigenvalue weighted by Crippen LogP contribution is 2.29. The van der Waals surface area contributed by atoms with Crippen molar-refractivity contribution in [3.63, 3.8) is 0 Å². The first-order valence-electron chi connectivity index (χ1n) is 9.67. The number of amides is 3. The number of carbonyl (C=O) groups excluding carboxylic acids is 2. The molecule has 0 bridgehead atoms. The largest absolute Gasteiger partial charge is 0.480 e. The molecule has 28 heavy (non-hydrogen) atoms. The van der Waals surface area contributed by atoms with Crippen molar-refractivity contribution in [2.45, 2.75) is 39.8 Å². The number of ether oxygens (including phenoxy) is 1. The number of carbonyl (C=O) groups is 2. The molecule has 0 radical (unpaired) electrons. The van der Waals surface area contributed by atoms with Gasteiger partial charge in [-0.1, -0.05) is 39.0 Å². The summed E-state index contributed by atoms with van der Waals surface area (Å²) in [4.78, 5) is 26.9. The summed E-state index contributed by atoms with van der Waals surface area (Å²) in [5.41, 5.74) is 2.27. The minimum absolute atomic E-state index is 0.0173. The molecule has 2 N–H and O–H groups in total. The maximum Gasteiger partial charge on any atom is 0.323 e. The first kappa shape index (κ1) is 19.7. The standard InChI is InChI=1S/C22H27N3O3/c1-4-19-21(26)25(13-15(2)3)14-16-12-18(10-11-20(16)28-19)24-22(27)23-17-8-6-5-7-9-17/h5-12,15,19H,4,13-14H2,1-3H3,(H2,23,24,27). The molecule has 1 heterocycles. The van der Waals surface area contributed by atoms with Crippen LogP contribution in [0.15, 0.2) is 48.5 Å². The van der Waals surface area contributed by atoms with Crippen LogP contribution in [-0.4, -0.2) is 29.5 Å². The summed E-state index contributed by atoms with van der Waals surface area (Å²) in [6.07, 6.45) is 0.145. The number of fused-ring (bicyclic) bond motifs is 1. The summed E-state index contributed by atoms with van der Waals surface area (Å²) in [6.45, 7) is 7.27. The number of hydrogen-bond donors (Lipinski definition) is 2. The summed E-state index contributed by atoms with van der Waals surface area (Å²) in [6, 6.07) is 14.4. The molecule has 0 aromatic heterocycles. The zero-order valence-electron chi connectivity index (χ0n) is 16.6. The van der Waals surface area contributed by atoms with Crippen LogP contribution in [0.5, 0.6) is 5.75 Å². The Morgan fingerprint density at radius 2 is 1.86 bits per heavy atom. The summed E-state index contributed by atoms with van der Waals surface area (Å²) in [7, 11) is 0. The van der Waals surface area contributed by atoms with Gasteiger partial charge in [0.1, 0.15) is 5.75 Å². The van der Waals surface area contributed by atoms with Gasteiger partial charge in [0.15, 0.2) is 6.10 Å². The molecule has 1 unspecified atom stereocenters. The van der Waals surface area contributed by atoms with E-state index in [-0.39, 0.29) is 11.9 Å². The summed E-state index contributed by atoms with van der Waals surface area (Å²) < 4.78 is 5.97. The molecular formula is C22H27N3O3. The van der Waals surface area contributed by atoms with Crippen molar-refractivity contribution in [2.75, 3.05) is 17.2 Å². The normalized spacial score (nSPS) is 16.2. The average molecular weight is 381 g/mol. The van der Waals surface area contributed by atoms with E-state index >= 15 is 0 Å². The zero-order chi connectivity index (χ0) is 20.1. The number of hydrogen-bond acceptors (Lipinski definition) is 3. The van der Waals surface area contributed by atoms with E-state index in [4.69, 9.17) is 4.74 Å². The zero-order valence-corrected chi connectivity index (χ0v) is 16.6. The van der Waals surface area contributed by atoms with Gasteiger partial charge in [-0.3, -0.25) is 4.79 Å². The predicted octanol–water partition coefficient (Wildman–Crippen LogP) is 4.49. The van der Waals surface area contributed by atoms with Crippen LogP contribution in [0.1, 0.15) is 32.8 Å². The molecular weight excluding hydrogens is 354 g/mol. The van der Waals surface area contributed by atoms with Crippen LogP contribution >= 0.6 is 0 Å². The van der Waals surface area contributed by atoms with Gasteiger partial charge in [0.25, 0.3) is 5.91 Å². The van der Waals surface area contributed by atoms with Gasteiger partial charge in [-0.15, -0.1) is 0 Å². The van der Waals surface area contributed by atoms with E-state index in [0.717, 1.165) is 11.3 Å². The van der Waals surface area contributed by atoms with Crippen LogP contribution in [0, 0.1) is 5.92 Å². The second-order valence-electron chi connectivity index (χ2n) is 7.39. The van der Waals surface area contributed by atoms with Gasteiger partial charge in [0.2, 0.25) is 0 Å². The second-order valence-corrected chi connectivity index (χ2v) is 7.39. The van der Waals surface area contributed by atoms with Gasteiger partial charge in [-0.25, -0.2) is 4.79 Å². The molecule has 3 rings (SSSR count). The Hall–Kier alpha value is -3.02. The molecule has 0 saturated carbocycles. The predicted molar refractivity (Wildman–Crippen MR) is 110 cm³/mol. The van der Waals surface area contributed by atoms with E-state index in [1.54, 1.807) is 6.07 Å². The minimum atomic E-state index is -0.472. The Balaban J connectivity index is 1.77. The quantitative estimate of drug-likeness (QED) is 0.802. The van der Waals surface area contributed by atoms with E-state index in [0.29, 0.717) is 36.9 Å². The van der Waals surface area contributed by atoms with Gasteiger partial charge in [0.05, 0.1) is 0 Å². The SMILES string of the molecule is CCC1Oc2ccc(NC(=O)Nc3ccccc3)cc2CN(CC(C)C)C1=O. The molecule has 0 spiro atoms. The Morgan fingerprint density at radius 3 is 2.54 bits per heavy atom. The molecule has 6 nitrogen and oxygen atoms in total. The number of benzene rings is 2. The van der Waals surface area contributed by atoms with Gasteiger partial charge in [-0.05, 0) is 42.7 Å². The van der Waals surface area contributed by atoms with Crippen molar-refractivity contribution in [2.24, 2.45) is 5.92 Å². The maximum atomic E-state index is 12.8. The Labute approximate surface area is 165 Å². The van der Waals surface area contributed by atoms with E-state index < -0.39 is 6.10 Å². The minimum Gasteiger partial charge on any atom is -0.480 e. The van der Waals surface area contributed by atoms with Crippen LogP contribution < -0.4 is 15.4 Å². The third-order valence-electron chi connectivity index (χ3n) is 4.52. The number of nitrogens with zero attached hydrogens (tertiary/aromatic N) is 1. The van der Waals surface area contributed by atoms with Crippen LogP contribution in [0.3, 0.4) is 0 Å². The first-order valence-corrected chi connectivity index (χ1v) is 9.67. The Kier molecular flexibility index (Phi) is 6.19. The highest BCUT2D eigenvalue weighted by Gasteiger charge is 2.30. The van der Waals surface area contributed by atoms with Crippen molar-refractivity contribution in [1.29, 1.82) is 0 Å². The van der Waals surface area contributed by atoms with E-state index in [1.807, 2.05) is 54.3 Å². The molecule has 3 amide bonds. The maximum absolute atomic E-state index is 12.8. The van der Waals surface area contributed by atoms with Gasteiger partial charge >= 0.3 is 6.03 Å². The Morgan fingerprint density at radius 1 is 1.14 bits per heavy atom. The number of anilines is 2. The van der Waals surface area contributed by atoms with Crippen molar-refractivity contribution in [3.8, 4) is 5.75 Å². The highest BCUT2D eigenvalue weighted by atomic mass is 16.5. The summed E-state index contributed by atoms with van der Waals surface area (Å²) in [5.74, 6) is 1.07. The smallest absolute Gasteiger partial charge is 0.323 e. The van der Waals surface area contributed by atoms with Crippen LogP contribution in [0.2, 0.25) is 0 Å². The van der Waals surface area contributed by atoms with Crippen molar-refractivity contribution in [1.82, 2.24) is 4.90 Å². The molecule has 1 aliphatic rings. The molecule has 0 fully saturated rings. The number of nitrogens with one attached hydrogen (secondary N) is 2. The topological polar surface area (TPSA) is 70.7 Å². The van der Waals surface area contributed by atoms with Gasteiger partial charge in [-0.2, -0.15) is 0 Å². The summed E-state index contributed by atoms with van der Waals surface area (Å²) in [5, 5.41) is 5.64. The molecule has 1 aliphatic heterocycles. The molecule has 2 aromatic carbocycles. The first-order chi connectivity index (χ1) is 13.5. The molecule has 0 aliphatic carbocycles. The van der Waals surface area contributed by atoms with E-state index in [1.165, 1.54) is 0 Å². The summed E-state index contributed by atoms with van der Waals surface area (Å²) >= 11 is 0. The lowest BCUT2D eigenvalue weighted by Crippen LogP contribution is -2.41. The second kappa shape index (κ2) is 8.78. The number of para-hydroxylation sites is 1. The van der Waals surface area contributed by atoms with Crippen molar-refractivity contribution in [3.05, 3.63) is 54.1 Å². The molecule has 148 valence electrons. The van der Waals surface area contributed by atoms with Crippen LogP contribution in [0.4, 0.5) is 16.2 Å². The lowest BCUT2D eigenvalue weighted by atomic mass is 10.1. The molecule has 6 heteroatoms. The highest BCUT2D eigenvalue weighted by molar-refractivity contribution is 5.99. The van der Waals surface area contributed by atoms with Crippen molar-refractivity contribution < 1.29 is 14.3 Å². The third kappa shape index (κ3) is 4.82. The van der Waals surface area contributed by atoms with E-state index in [2.05, 4.69) is 24.5 Å². The van der Waals surface area contributed by atoms with E-state index in [9.17, 15) is 9.59 Å². The van der Waals surface area contributed by atoms with Crippen LogP contribution in [0.25, 0.3) is 0 Å². The fraction of sp³-hybridized carbons (Fsp3) is 0.364. The molecule has 0 saturated heterocycles. The number of rotatable bonds is 5. The third-order valence-corrected chi connectivity index (χ3v) is 4.52. The molecule has 2 aromatic rings.